The third kappa shape index (κ3) is 6.03. The number of nitrogens with one attached hydrogen (secondary N) is 2. The summed E-state index contributed by atoms with van der Waals surface area (Å²) in [5, 5.41) is 0. The van der Waals surface area contributed by atoms with E-state index in [1.54, 1.807) is 0 Å². The zero-order valence-electron chi connectivity index (χ0n) is 17.4. The van der Waals surface area contributed by atoms with Crippen LogP contribution in [0.15, 0.2) is 48.5 Å². The minimum atomic E-state index is 1.00. The van der Waals surface area contributed by atoms with Crippen molar-refractivity contribution in [2.45, 2.75) is 12.8 Å². The van der Waals surface area contributed by atoms with Crippen LogP contribution >= 0.6 is 23.5 Å². The SMILES string of the molecule is CN(CCSCCc1nc2ccccc2[nH]1)CCSCCc1nc2ccccc2[nH]1. The molecule has 158 valence electrons. The van der Waals surface area contributed by atoms with E-state index >= 15 is 0 Å². The number of para-hydroxylation sites is 4. The molecule has 4 rings (SSSR count). The van der Waals surface area contributed by atoms with E-state index in [-0.39, 0.29) is 0 Å². The first-order valence-corrected chi connectivity index (χ1v) is 12.8. The number of aryl methyl sites for hydroxylation is 2. The third-order valence-electron chi connectivity index (χ3n) is 5.08. The van der Waals surface area contributed by atoms with E-state index in [2.05, 4.69) is 56.1 Å². The number of hydrogen-bond donors (Lipinski definition) is 2. The van der Waals surface area contributed by atoms with Crippen LogP contribution in [0.25, 0.3) is 22.1 Å². The summed E-state index contributed by atoms with van der Waals surface area (Å²) in [6, 6.07) is 16.5. The number of imidazole rings is 2. The van der Waals surface area contributed by atoms with E-state index in [0.717, 1.165) is 71.2 Å². The van der Waals surface area contributed by atoms with Gasteiger partial charge in [0.15, 0.2) is 0 Å². The van der Waals surface area contributed by atoms with Crippen molar-refractivity contribution in [2.75, 3.05) is 43.1 Å². The van der Waals surface area contributed by atoms with Crippen LogP contribution in [0.3, 0.4) is 0 Å². The zero-order chi connectivity index (χ0) is 20.6. The normalized spacial score (nSPS) is 11.8. The fourth-order valence-corrected chi connectivity index (χ4v) is 5.31. The number of aromatic nitrogens is 4. The van der Waals surface area contributed by atoms with E-state index in [0.29, 0.717) is 0 Å². The number of nitrogens with zero attached hydrogens (tertiary/aromatic N) is 3. The van der Waals surface area contributed by atoms with Gasteiger partial charge < -0.3 is 14.9 Å². The molecule has 0 aliphatic carbocycles. The molecule has 7 heteroatoms. The third-order valence-corrected chi connectivity index (χ3v) is 7.01. The van der Waals surface area contributed by atoms with Crippen LogP contribution in [-0.4, -0.2) is 68.0 Å². The number of thioether (sulfide) groups is 2. The van der Waals surface area contributed by atoms with E-state index in [1.165, 1.54) is 11.5 Å². The first-order chi connectivity index (χ1) is 14.8. The molecule has 0 aliphatic heterocycles. The second-order valence-corrected chi connectivity index (χ2v) is 9.88. The van der Waals surface area contributed by atoms with Crippen LogP contribution in [0, 0.1) is 0 Å². The van der Waals surface area contributed by atoms with E-state index in [1.807, 2.05) is 47.8 Å². The van der Waals surface area contributed by atoms with Gasteiger partial charge in [-0.3, -0.25) is 0 Å². The highest BCUT2D eigenvalue weighted by Crippen LogP contribution is 2.14. The van der Waals surface area contributed by atoms with Crippen molar-refractivity contribution in [1.29, 1.82) is 0 Å². The molecule has 2 aromatic carbocycles. The molecule has 0 aliphatic rings. The summed E-state index contributed by atoms with van der Waals surface area (Å²) in [6.07, 6.45) is 2.00. The Kier molecular flexibility index (Phi) is 7.72. The second-order valence-electron chi connectivity index (χ2n) is 7.43. The molecular formula is C23H29N5S2. The first kappa shape index (κ1) is 21.3. The number of aromatic amines is 2. The molecule has 2 heterocycles. The van der Waals surface area contributed by atoms with Gasteiger partial charge in [-0.25, -0.2) is 9.97 Å². The molecule has 0 atom stereocenters. The molecule has 0 saturated carbocycles. The Morgan fingerprint density at radius 1 is 0.700 bits per heavy atom. The highest BCUT2D eigenvalue weighted by molar-refractivity contribution is 7.99. The number of hydrogen-bond acceptors (Lipinski definition) is 5. The smallest absolute Gasteiger partial charge is 0.108 e. The lowest BCUT2D eigenvalue weighted by Gasteiger charge is -2.15. The van der Waals surface area contributed by atoms with Gasteiger partial charge in [-0.05, 0) is 31.3 Å². The molecular weight excluding hydrogens is 410 g/mol. The maximum absolute atomic E-state index is 4.65. The first-order valence-electron chi connectivity index (χ1n) is 10.5. The van der Waals surface area contributed by atoms with Crippen LogP contribution in [0.4, 0.5) is 0 Å². The predicted molar refractivity (Wildman–Crippen MR) is 132 cm³/mol. The van der Waals surface area contributed by atoms with Crippen molar-refractivity contribution in [1.82, 2.24) is 24.8 Å². The molecule has 0 unspecified atom stereocenters. The predicted octanol–water partition coefficient (Wildman–Crippen LogP) is 4.62. The Balaban J connectivity index is 1.04. The van der Waals surface area contributed by atoms with Crippen LogP contribution in [0.5, 0.6) is 0 Å². The number of benzene rings is 2. The lowest BCUT2D eigenvalue weighted by Crippen LogP contribution is -2.24. The summed E-state index contributed by atoms with van der Waals surface area (Å²) in [4.78, 5) is 18.6. The summed E-state index contributed by atoms with van der Waals surface area (Å²) in [7, 11) is 2.22. The Morgan fingerprint density at radius 2 is 1.17 bits per heavy atom. The molecule has 4 aromatic rings. The van der Waals surface area contributed by atoms with Crippen molar-refractivity contribution in [2.24, 2.45) is 0 Å². The number of fused-ring (bicyclic) bond motifs is 2. The molecule has 0 saturated heterocycles. The van der Waals surface area contributed by atoms with Crippen molar-refractivity contribution >= 4 is 45.6 Å². The molecule has 0 fully saturated rings. The molecule has 2 aromatic heterocycles. The van der Waals surface area contributed by atoms with Crippen LogP contribution in [0.2, 0.25) is 0 Å². The van der Waals surface area contributed by atoms with E-state index in [4.69, 9.17) is 0 Å². The summed E-state index contributed by atoms with van der Waals surface area (Å²) < 4.78 is 0. The van der Waals surface area contributed by atoms with Crippen molar-refractivity contribution < 1.29 is 0 Å². The van der Waals surface area contributed by atoms with Gasteiger partial charge >= 0.3 is 0 Å². The molecule has 5 nitrogen and oxygen atoms in total. The van der Waals surface area contributed by atoms with Gasteiger partial charge in [0.05, 0.1) is 22.1 Å². The van der Waals surface area contributed by atoms with Gasteiger partial charge in [0.2, 0.25) is 0 Å². The van der Waals surface area contributed by atoms with Gasteiger partial charge in [-0.15, -0.1) is 0 Å². The summed E-state index contributed by atoms with van der Waals surface area (Å²) in [5.41, 5.74) is 4.40. The van der Waals surface area contributed by atoms with Gasteiger partial charge in [0.25, 0.3) is 0 Å². The lowest BCUT2D eigenvalue weighted by atomic mass is 10.3. The van der Waals surface area contributed by atoms with Crippen molar-refractivity contribution in [3.05, 3.63) is 60.2 Å². The van der Waals surface area contributed by atoms with E-state index < -0.39 is 0 Å². The Labute approximate surface area is 186 Å². The summed E-state index contributed by atoms with van der Waals surface area (Å²) >= 11 is 4.02. The standard InChI is InChI=1S/C23H29N5S2/c1-28(12-16-29-14-10-22-24-18-6-2-3-7-19(18)25-22)13-17-30-15-11-23-26-20-8-4-5-9-21(20)27-23/h2-9H,10-17H2,1H3,(H,24,25)(H,26,27). The van der Waals surface area contributed by atoms with Gasteiger partial charge in [0.1, 0.15) is 11.6 Å². The molecule has 2 N–H and O–H groups in total. The molecule has 0 spiro atoms. The fourth-order valence-electron chi connectivity index (χ4n) is 3.34. The second kappa shape index (κ2) is 10.9. The van der Waals surface area contributed by atoms with Crippen LogP contribution < -0.4 is 0 Å². The maximum Gasteiger partial charge on any atom is 0.108 e. The highest BCUT2D eigenvalue weighted by Gasteiger charge is 2.04. The Morgan fingerprint density at radius 3 is 1.63 bits per heavy atom. The summed E-state index contributed by atoms with van der Waals surface area (Å²) in [6.45, 7) is 2.27. The maximum atomic E-state index is 4.65. The average molecular weight is 440 g/mol. The number of rotatable bonds is 12. The van der Waals surface area contributed by atoms with Gasteiger partial charge in [-0.1, -0.05) is 24.3 Å². The number of H-pyrrole nitrogens is 2. The van der Waals surface area contributed by atoms with Gasteiger partial charge in [-0.2, -0.15) is 23.5 Å². The minimum Gasteiger partial charge on any atom is -0.342 e. The largest absolute Gasteiger partial charge is 0.342 e. The topological polar surface area (TPSA) is 60.6 Å². The summed E-state index contributed by atoms with van der Waals surface area (Å²) in [5.74, 6) is 6.75. The van der Waals surface area contributed by atoms with Gasteiger partial charge in [0, 0.05) is 48.9 Å². The van der Waals surface area contributed by atoms with Crippen molar-refractivity contribution in [3.8, 4) is 0 Å². The van der Waals surface area contributed by atoms with Crippen molar-refractivity contribution in [3.63, 3.8) is 0 Å². The minimum absolute atomic E-state index is 1.00. The Bertz CT molecular complexity index is 908. The molecule has 0 bridgehead atoms. The highest BCUT2D eigenvalue weighted by atomic mass is 32.2. The zero-order valence-corrected chi connectivity index (χ0v) is 19.1. The monoisotopic (exact) mass is 439 g/mol. The fraction of sp³-hybridized carbons (Fsp3) is 0.391. The lowest BCUT2D eigenvalue weighted by molar-refractivity contribution is 0.380. The van der Waals surface area contributed by atoms with Crippen LogP contribution in [-0.2, 0) is 12.8 Å². The molecule has 0 amide bonds. The molecule has 0 radical (unpaired) electrons. The quantitative estimate of drug-likeness (QED) is 0.315. The van der Waals surface area contributed by atoms with Crippen LogP contribution in [0.1, 0.15) is 11.6 Å². The molecule has 30 heavy (non-hydrogen) atoms. The Hall–Kier alpha value is -1.96. The van der Waals surface area contributed by atoms with E-state index in [9.17, 15) is 0 Å². The average Bonchev–Trinajstić information content (AvgIpc) is 3.36.